The van der Waals surface area contributed by atoms with Gasteiger partial charge in [-0.1, -0.05) is 31.2 Å². The Morgan fingerprint density at radius 3 is 2.69 bits per heavy atom. The highest BCUT2D eigenvalue weighted by atomic mass is 16.6. The maximum Gasteiger partial charge on any atom is 0.269 e. The van der Waals surface area contributed by atoms with Gasteiger partial charge in [-0.05, 0) is 30.7 Å². The molecule has 7 nitrogen and oxygen atoms in total. The van der Waals surface area contributed by atoms with Crippen molar-refractivity contribution < 1.29 is 14.5 Å². The molecule has 0 saturated carbocycles. The smallest absolute Gasteiger partial charge is 0.269 e. The number of non-ortho nitro benzene ring substituents is 1. The van der Waals surface area contributed by atoms with Crippen molar-refractivity contribution in [3.05, 3.63) is 64.2 Å². The number of amides is 1. The van der Waals surface area contributed by atoms with E-state index < -0.39 is 4.92 Å². The van der Waals surface area contributed by atoms with Crippen LogP contribution in [0.25, 0.3) is 0 Å². The van der Waals surface area contributed by atoms with Gasteiger partial charge >= 0.3 is 0 Å². The van der Waals surface area contributed by atoms with Crippen LogP contribution in [0.4, 0.5) is 11.4 Å². The molecule has 0 heterocycles. The molecule has 0 saturated heterocycles. The van der Waals surface area contributed by atoms with Gasteiger partial charge in [0, 0.05) is 18.7 Å². The molecule has 0 radical (unpaired) electrons. The molecule has 138 valence electrons. The van der Waals surface area contributed by atoms with Crippen LogP contribution in [0.3, 0.4) is 0 Å². The number of nitro groups is 1. The van der Waals surface area contributed by atoms with Gasteiger partial charge in [0.25, 0.3) is 5.69 Å². The monoisotopic (exact) mass is 357 g/mol. The highest BCUT2D eigenvalue weighted by Gasteiger charge is 2.14. The number of para-hydroxylation sites is 2. The molecule has 0 bridgehead atoms. The molecule has 0 aliphatic carbocycles. The second-order valence-corrected chi connectivity index (χ2v) is 5.89. The number of hydrogen-bond donors (Lipinski definition) is 1. The van der Waals surface area contributed by atoms with Crippen molar-refractivity contribution in [3.63, 3.8) is 0 Å². The first-order valence-electron chi connectivity index (χ1n) is 8.42. The third-order valence-electron chi connectivity index (χ3n) is 3.82. The van der Waals surface area contributed by atoms with Gasteiger partial charge in [0.1, 0.15) is 5.75 Å². The van der Waals surface area contributed by atoms with E-state index in [2.05, 4.69) is 5.32 Å². The standard InChI is InChI=1S/C19H23N3O4/c1-3-11-21(13-15-7-6-8-16(12-15)22(24)25)14-19(23)20-17-9-4-5-10-18(17)26-2/h4-10,12H,3,11,13-14H2,1-2H3,(H,20,23). The Morgan fingerprint density at radius 2 is 2.00 bits per heavy atom. The number of carbonyl (C=O) groups is 1. The van der Waals surface area contributed by atoms with Crippen LogP contribution in [-0.2, 0) is 11.3 Å². The number of nitro benzene ring substituents is 1. The number of nitrogens with one attached hydrogen (secondary N) is 1. The fourth-order valence-corrected chi connectivity index (χ4v) is 2.70. The molecule has 2 rings (SSSR count). The van der Waals surface area contributed by atoms with Crippen LogP contribution in [0.15, 0.2) is 48.5 Å². The predicted molar refractivity (Wildman–Crippen MR) is 100 cm³/mol. The van der Waals surface area contributed by atoms with E-state index in [1.807, 2.05) is 30.0 Å². The van der Waals surface area contributed by atoms with Crippen molar-refractivity contribution >= 4 is 17.3 Å². The summed E-state index contributed by atoms with van der Waals surface area (Å²) in [6, 6.07) is 13.7. The van der Waals surface area contributed by atoms with Crippen LogP contribution >= 0.6 is 0 Å². The maximum atomic E-state index is 12.4. The number of methoxy groups -OCH3 is 1. The molecule has 0 aliphatic heterocycles. The normalized spacial score (nSPS) is 10.6. The number of benzene rings is 2. The first kappa shape index (κ1) is 19.4. The van der Waals surface area contributed by atoms with Crippen LogP contribution in [0, 0.1) is 10.1 Å². The number of hydrogen-bond acceptors (Lipinski definition) is 5. The van der Waals surface area contributed by atoms with E-state index >= 15 is 0 Å². The van der Waals surface area contributed by atoms with Crippen molar-refractivity contribution in [1.29, 1.82) is 0 Å². The van der Waals surface area contributed by atoms with Crippen molar-refractivity contribution in [2.75, 3.05) is 25.5 Å². The highest BCUT2D eigenvalue weighted by Crippen LogP contribution is 2.23. The molecule has 2 aromatic rings. The fraction of sp³-hybridized carbons (Fsp3) is 0.316. The Hall–Kier alpha value is -2.93. The number of anilines is 1. The van der Waals surface area contributed by atoms with Gasteiger partial charge in [0.15, 0.2) is 0 Å². The number of ether oxygens (including phenoxy) is 1. The SMILES string of the molecule is CCCN(CC(=O)Nc1ccccc1OC)Cc1cccc([N+](=O)[O-])c1. The van der Waals surface area contributed by atoms with Gasteiger partial charge in [-0.2, -0.15) is 0 Å². The Morgan fingerprint density at radius 1 is 1.23 bits per heavy atom. The molecular formula is C19H23N3O4. The molecule has 0 aliphatic rings. The fourth-order valence-electron chi connectivity index (χ4n) is 2.70. The Bertz CT molecular complexity index is 764. The molecule has 1 N–H and O–H groups in total. The largest absolute Gasteiger partial charge is 0.495 e. The third kappa shape index (κ3) is 5.56. The second-order valence-electron chi connectivity index (χ2n) is 5.89. The van der Waals surface area contributed by atoms with E-state index in [-0.39, 0.29) is 18.1 Å². The van der Waals surface area contributed by atoms with Gasteiger partial charge in [-0.25, -0.2) is 0 Å². The van der Waals surface area contributed by atoms with Crippen LogP contribution in [0.1, 0.15) is 18.9 Å². The van der Waals surface area contributed by atoms with Gasteiger partial charge in [0.2, 0.25) is 5.91 Å². The van der Waals surface area contributed by atoms with Crippen molar-refractivity contribution in [3.8, 4) is 5.75 Å². The van der Waals surface area contributed by atoms with Gasteiger partial charge in [-0.15, -0.1) is 0 Å². The summed E-state index contributed by atoms with van der Waals surface area (Å²) in [5.41, 5.74) is 1.47. The lowest BCUT2D eigenvalue weighted by Crippen LogP contribution is -2.33. The summed E-state index contributed by atoms with van der Waals surface area (Å²) >= 11 is 0. The maximum absolute atomic E-state index is 12.4. The van der Waals surface area contributed by atoms with E-state index in [9.17, 15) is 14.9 Å². The van der Waals surface area contributed by atoms with Crippen LogP contribution in [0.2, 0.25) is 0 Å². The lowest BCUT2D eigenvalue weighted by molar-refractivity contribution is -0.384. The molecule has 1 amide bonds. The van der Waals surface area contributed by atoms with Gasteiger partial charge < -0.3 is 10.1 Å². The van der Waals surface area contributed by atoms with E-state index in [1.165, 1.54) is 6.07 Å². The Kier molecular flexibility index (Phi) is 7.11. The first-order chi connectivity index (χ1) is 12.5. The lowest BCUT2D eigenvalue weighted by atomic mass is 10.2. The minimum Gasteiger partial charge on any atom is -0.495 e. The number of nitrogens with zero attached hydrogens (tertiary/aromatic N) is 2. The second kappa shape index (κ2) is 9.53. The van der Waals surface area contributed by atoms with Gasteiger partial charge in [0.05, 0.1) is 24.3 Å². The predicted octanol–water partition coefficient (Wildman–Crippen LogP) is 3.45. The zero-order chi connectivity index (χ0) is 18.9. The summed E-state index contributed by atoms with van der Waals surface area (Å²) in [5, 5.41) is 13.8. The number of carbonyl (C=O) groups excluding carboxylic acids is 1. The molecule has 0 unspecified atom stereocenters. The average Bonchev–Trinajstić information content (AvgIpc) is 2.62. The first-order valence-corrected chi connectivity index (χ1v) is 8.42. The topological polar surface area (TPSA) is 84.7 Å². The molecule has 26 heavy (non-hydrogen) atoms. The lowest BCUT2D eigenvalue weighted by Gasteiger charge is -2.21. The minimum atomic E-state index is -0.415. The summed E-state index contributed by atoms with van der Waals surface area (Å²) in [6.07, 6.45) is 0.872. The van der Waals surface area contributed by atoms with Crippen LogP contribution in [0.5, 0.6) is 5.75 Å². The molecule has 0 aromatic heterocycles. The molecule has 0 spiro atoms. The highest BCUT2D eigenvalue weighted by molar-refractivity contribution is 5.93. The Balaban J connectivity index is 2.04. The summed E-state index contributed by atoms with van der Waals surface area (Å²) in [6.45, 7) is 3.39. The summed E-state index contributed by atoms with van der Waals surface area (Å²) in [7, 11) is 1.55. The van der Waals surface area contributed by atoms with E-state index in [4.69, 9.17) is 4.74 Å². The molecule has 0 atom stereocenters. The summed E-state index contributed by atoms with van der Waals surface area (Å²) in [5.74, 6) is 0.440. The zero-order valence-corrected chi connectivity index (χ0v) is 15.0. The molecular weight excluding hydrogens is 334 g/mol. The average molecular weight is 357 g/mol. The van der Waals surface area contributed by atoms with Crippen molar-refractivity contribution in [2.45, 2.75) is 19.9 Å². The van der Waals surface area contributed by atoms with E-state index in [1.54, 1.807) is 31.4 Å². The molecule has 7 heteroatoms. The van der Waals surface area contributed by atoms with Crippen LogP contribution in [-0.4, -0.2) is 35.9 Å². The zero-order valence-electron chi connectivity index (χ0n) is 15.0. The third-order valence-corrected chi connectivity index (χ3v) is 3.82. The van der Waals surface area contributed by atoms with Gasteiger partial charge in [-0.3, -0.25) is 19.8 Å². The minimum absolute atomic E-state index is 0.0532. The Labute approximate surface area is 152 Å². The van der Waals surface area contributed by atoms with Crippen molar-refractivity contribution in [2.24, 2.45) is 0 Å². The van der Waals surface area contributed by atoms with E-state index in [0.29, 0.717) is 24.5 Å². The van der Waals surface area contributed by atoms with E-state index in [0.717, 1.165) is 12.0 Å². The quantitative estimate of drug-likeness (QED) is 0.549. The molecule has 0 fully saturated rings. The summed E-state index contributed by atoms with van der Waals surface area (Å²) < 4.78 is 5.24. The molecule has 2 aromatic carbocycles. The van der Waals surface area contributed by atoms with Crippen LogP contribution < -0.4 is 10.1 Å². The number of rotatable bonds is 9. The van der Waals surface area contributed by atoms with Crippen molar-refractivity contribution in [1.82, 2.24) is 4.90 Å². The summed E-state index contributed by atoms with van der Waals surface area (Å²) in [4.78, 5) is 24.9.